The van der Waals surface area contributed by atoms with Crippen molar-refractivity contribution in [3.05, 3.63) is 52.0 Å². The second kappa shape index (κ2) is 10.4. The second-order valence-electron chi connectivity index (χ2n) is 6.92. The van der Waals surface area contributed by atoms with E-state index < -0.39 is 0 Å². The molecule has 1 aromatic carbocycles. The van der Waals surface area contributed by atoms with Gasteiger partial charge >= 0.3 is 0 Å². The van der Waals surface area contributed by atoms with Gasteiger partial charge in [0.2, 0.25) is 0 Å². The van der Waals surface area contributed by atoms with Gasteiger partial charge in [0.15, 0.2) is 5.96 Å². The Morgan fingerprint density at radius 2 is 2.11 bits per heavy atom. The van der Waals surface area contributed by atoms with E-state index in [4.69, 9.17) is 4.74 Å². The Morgan fingerprint density at radius 3 is 2.79 bits per heavy atom. The van der Waals surface area contributed by atoms with E-state index in [1.807, 2.05) is 24.0 Å². The lowest BCUT2D eigenvalue weighted by Crippen LogP contribution is -2.39. The van der Waals surface area contributed by atoms with E-state index >= 15 is 0 Å². The largest absolute Gasteiger partial charge is 0.378 e. The van der Waals surface area contributed by atoms with Crippen LogP contribution in [0, 0.1) is 5.82 Å². The minimum Gasteiger partial charge on any atom is -0.378 e. The number of hydrogen-bond donors (Lipinski definition) is 2. The summed E-state index contributed by atoms with van der Waals surface area (Å²) in [6, 6.07) is 7.55. The van der Waals surface area contributed by atoms with Crippen LogP contribution >= 0.6 is 11.3 Å². The Morgan fingerprint density at radius 1 is 1.29 bits per heavy atom. The number of nitrogens with one attached hydrogen (secondary N) is 2. The van der Waals surface area contributed by atoms with Gasteiger partial charge in [0.05, 0.1) is 25.4 Å². The first-order valence-electron chi connectivity index (χ1n) is 9.82. The summed E-state index contributed by atoms with van der Waals surface area (Å²) in [5.74, 6) is 0.959. The molecule has 0 spiro atoms. The van der Waals surface area contributed by atoms with Crippen LogP contribution in [0.15, 0.2) is 40.0 Å². The highest BCUT2D eigenvalue weighted by molar-refractivity contribution is 7.07. The summed E-state index contributed by atoms with van der Waals surface area (Å²) in [6.45, 7) is 8.99. The average Bonchev–Trinajstić information content (AvgIpc) is 3.25. The summed E-state index contributed by atoms with van der Waals surface area (Å²) in [7, 11) is 0. The van der Waals surface area contributed by atoms with Crippen molar-refractivity contribution < 1.29 is 9.13 Å². The first-order valence-corrected chi connectivity index (χ1v) is 10.8. The third-order valence-electron chi connectivity index (χ3n) is 4.82. The van der Waals surface area contributed by atoms with E-state index in [0.717, 1.165) is 37.7 Å². The molecule has 2 heterocycles. The summed E-state index contributed by atoms with van der Waals surface area (Å²) in [6.07, 6.45) is 0. The van der Waals surface area contributed by atoms with Crippen molar-refractivity contribution in [2.75, 3.05) is 44.3 Å². The van der Waals surface area contributed by atoms with Gasteiger partial charge in [-0.2, -0.15) is 11.3 Å². The van der Waals surface area contributed by atoms with E-state index in [1.54, 1.807) is 17.4 Å². The molecule has 0 saturated carbocycles. The first-order chi connectivity index (χ1) is 13.7. The number of aliphatic imine (C=N–C) groups is 1. The lowest BCUT2D eigenvalue weighted by atomic mass is 10.1. The lowest BCUT2D eigenvalue weighted by Gasteiger charge is -2.29. The first kappa shape index (κ1) is 20.6. The average molecular weight is 405 g/mol. The third kappa shape index (κ3) is 5.69. The van der Waals surface area contributed by atoms with Crippen LogP contribution in [-0.4, -0.2) is 45.4 Å². The monoisotopic (exact) mass is 404 g/mol. The molecule has 5 nitrogen and oxygen atoms in total. The molecule has 1 fully saturated rings. The van der Waals surface area contributed by atoms with E-state index in [-0.39, 0.29) is 5.82 Å². The van der Waals surface area contributed by atoms with E-state index in [9.17, 15) is 4.39 Å². The highest BCUT2D eigenvalue weighted by Crippen LogP contribution is 2.22. The van der Waals surface area contributed by atoms with E-state index in [2.05, 4.69) is 39.4 Å². The van der Waals surface area contributed by atoms with Crippen LogP contribution in [-0.2, 0) is 11.3 Å². The predicted octanol–water partition coefficient (Wildman–Crippen LogP) is 3.58. The number of nitrogens with zero attached hydrogens (tertiary/aromatic N) is 2. The molecule has 1 aliphatic rings. The molecular formula is C21H29FN4OS. The van der Waals surface area contributed by atoms with Gasteiger partial charge in [0, 0.05) is 26.2 Å². The number of halogens is 1. The van der Waals surface area contributed by atoms with Crippen molar-refractivity contribution in [3.63, 3.8) is 0 Å². The molecule has 2 N–H and O–H groups in total. The van der Waals surface area contributed by atoms with Crippen LogP contribution in [0.4, 0.5) is 10.1 Å². The van der Waals surface area contributed by atoms with Crippen molar-refractivity contribution in [2.24, 2.45) is 4.99 Å². The molecule has 0 radical (unpaired) electrons. The molecular weight excluding hydrogens is 375 g/mol. The highest BCUT2D eigenvalue weighted by atomic mass is 32.1. The number of rotatable bonds is 7. The topological polar surface area (TPSA) is 48.9 Å². The summed E-state index contributed by atoms with van der Waals surface area (Å²) < 4.78 is 19.9. The maximum atomic E-state index is 14.6. The maximum absolute atomic E-state index is 14.6. The number of hydrogen-bond acceptors (Lipinski definition) is 4. The van der Waals surface area contributed by atoms with Gasteiger partial charge < -0.3 is 20.3 Å². The third-order valence-corrected chi connectivity index (χ3v) is 5.52. The molecule has 0 aliphatic carbocycles. The number of benzene rings is 1. The molecule has 152 valence electrons. The number of morpholine rings is 1. The summed E-state index contributed by atoms with van der Waals surface area (Å²) >= 11 is 1.71. The molecule has 0 bridgehead atoms. The molecule has 2 aromatic rings. The Hall–Kier alpha value is -2.12. The molecule has 1 saturated heterocycles. The normalized spacial score (nSPS) is 16.1. The Bertz CT molecular complexity index is 760. The molecule has 3 rings (SSSR count). The molecule has 1 unspecified atom stereocenters. The second-order valence-corrected chi connectivity index (χ2v) is 7.70. The minimum absolute atomic E-state index is 0.196. The number of thiophene rings is 1. The van der Waals surface area contributed by atoms with Gasteiger partial charge in [-0.1, -0.05) is 13.0 Å². The van der Waals surface area contributed by atoms with Gasteiger partial charge in [-0.3, -0.25) is 0 Å². The zero-order chi connectivity index (χ0) is 19.8. The smallest absolute Gasteiger partial charge is 0.191 e. The van der Waals surface area contributed by atoms with E-state index in [1.165, 1.54) is 5.56 Å². The fraction of sp³-hybridized carbons (Fsp3) is 0.476. The van der Waals surface area contributed by atoms with Crippen molar-refractivity contribution in [1.29, 1.82) is 0 Å². The van der Waals surface area contributed by atoms with Gasteiger partial charge in [-0.05, 0) is 52.9 Å². The fourth-order valence-corrected chi connectivity index (χ4v) is 3.93. The fourth-order valence-electron chi connectivity index (χ4n) is 3.14. The van der Waals surface area contributed by atoms with Crippen LogP contribution in [0.5, 0.6) is 0 Å². The highest BCUT2D eigenvalue weighted by Gasteiger charge is 2.15. The molecule has 1 atom stereocenters. The van der Waals surface area contributed by atoms with Crippen LogP contribution in [0.2, 0.25) is 0 Å². The quantitative estimate of drug-likeness (QED) is 0.547. The number of ether oxygens (including phenoxy) is 1. The van der Waals surface area contributed by atoms with E-state index in [0.29, 0.717) is 31.4 Å². The van der Waals surface area contributed by atoms with Crippen molar-refractivity contribution in [3.8, 4) is 0 Å². The Kier molecular flexibility index (Phi) is 7.68. The summed E-state index contributed by atoms with van der Waals surface area (Å²) in [4.78, 5) is 6.65. The van der Waals surface area contributed by atoms with Crippen molar-refractivity contribution >= 4 is 23.0 Å². The van der Waals surface area contributed by atoms with Crippen molar-refractivity contribution in [2.45, 2.75) is 26.3 Å². The van der Waals surface area contributed by atoms with Gasteiger partial charge in [0.1, 0.15) is 5.82 Å². The predicted molar refractivity (Wildman–Crippen MR) is 115 cm³/mol. The lowest BCUT2D eigenvalue weighted by molar-refractivity contribution is 0.122. The Labute approximate surface area is 170 Å². The zero-order valence-corrected chi connectivity index (χ0v) is 17.4. The zero-order valence-electron chi connectivity index (χ0n) is 16.6. The SMILES string of the molecule is CCNC(=NCc1ccc(N2CCOCC2)c(F)c1)NCC(C)c1ccsc1. The number of guanidine groups is 1. The maximum Gasteiger partial charge on any atom is 0.191 e. The van der Waals surface area contributed by atoms with Crippen LogP contribution in [0.3, 0.4) is 0 Å². The Balaban J connectivity index is 1.59. The molecule has 0 amide bonds. The molecule has 7 heteroatoms. The molecule has 1 aliphatic heterocycles. The molecule has 28 heavy (non-hydrogen) atoms. The van der Waals surface area contributed by atoms with Crippen LogP contribution in [0.1, 0.15) is 30.9 Å². The van der Waals surface area contributed by atoms with Gasteiger partial charge in [0.25, 0.3) is 0 Å². The minimum atomic E-state index is -0.196. The summed E-state index contributed by atoms with van der Waals surface area (Å²) in [5.41, 5.74) is 2.83. The van der Waals surface area contributed by atoms with Crippen LogP contribution < -0.4 is 15.5 Å². The van der Waals surface area contributed by atoms with Gasteiger partial charge in [-0.15, -0.1) is 0 Å². The van der Waals surface area contributed by atoms with Gasteiger partial charge in [-0.25, -0.2) is 9.38 Å². The number of anilines is 1. The van der Waals surface area contributed by atoms with Crippen molar-refractivity contribution in [1.82, 2.24) is 10.6 Å². The van der Waals surface area contributed by atoms with Crippen LogP contribution in [0.25, 0.3) is 0 Å². The molecule has 1 aromatic heterocycles. The summed E-state index contributed by atoms with van der Waals surface area (Å²) in [5, 5.41) is 10.9. The standard InChI is InChI=1S/C21H29FN4OS/c1-3-23-21(24-13-16(2)18-6-11-28-15-18)25-14-17-4-5-20(19(22)12-17)26-7-9-27-10-8-26/h4-6,11-12,15-16H,3,7-10,13-14H2,1-2H3,(H2,23,24,25).